The second-order valence-electron chi connectivity index (χ2n) is 3.84. The predicted molar refractivity (Wildman–Crippen MR) is 72.9 cm³/mol. The van der Waals surface area contributed by atoms with Crippen molar-refractivity contribution < 1.29 is 14.3 Å². The van der Waals surface area contributed by atoms with E-state index in [9.17, 15) is 4.79 Å². The first kappa shape index (κ1) is 13.4. The highest BCUT2D eigenvalue weighted by molar-refractivity contribution is 7.12. The highest BCUT2D eigenvalue weighted by Crippen LogP contribution is 2.15. The van der Waals surface area contributed by atoms with Crippen LogP contribution in [0.3, 0.4) is 0 Å². The van der Waals surface area contributed by atoms with Crippen molar-refractivity contribution in [2.24, 2.45) is 0 Å². The monoisotopic (exact) mass is 275 g/mol. The second-order valence-corrected chi connectivity index (χ2v) is 5.01. The number of thiophene rings is 1. The van der Waals surface area contributed by atoms with Crippen LogP contribution in [0.5, 0.6) is 0 Å². The van der Waals surface area contributed by atoms with E-state index in [-0.39, 0.29) is 12.5 Å². The van der Waals surface area contributed by atoms with E-state index in [1.54, 1.807) is 6.07 Å². The van der Waals surface area contributed by atoms with Crippen LogP contribution in [-0.4, -0.2) is 17.6 Å². The molecule has 0 atom stereocenters. The molecule has 2 rings (SSSR count). The van der Waals surface area contributed by atoms with Crippen LogP contribution >= 0.6 is 11.3 Å². The summed E-state index contributed by atoms with van der Waals surface area (Å²) in [7, 11) is 0. The van der Waals surface area contributed by atoms with Gasteiger partial charge in [0.05, 0.1) is 17.7 Å². The van der Waals surface area contributed by atoms with Crippen LogP contribution in [0.4, 0.5) is 0 Å². The van der Waals surface area contributed by atoms with Gasteiger partial charge in [-0.05, 0) is 25.1 Å². The lowest BCUT2D eigenvalue weighted by molar-refractivity contribution is 0.0922. The van der Waals surface area contributed by atoms with Crippen molar-refractivity contribution in [2.45, 2.75) is 13.5 Å². The molecular formula is C14H13NO3S. The van der Waals surface area contributed by atoms with Gasteiger partial charge in [-0.15, -0.1) is 11.3 Å². The van der Waals surface area contributed by atoms with Crippen molar-refractivity contribution in [2.75, 3.05) is 6.61 Å². The molecule has 2 N–H and O–H groups in total. The Kier molecular flexibility index (Phi) is 4.39. The molecule has 1 amide bonds. The fourth-order valence-electron chi connectivity index (χ4n) is 1.52. The minimum atomic E-state index is -0.223. The van der Waals surface area contributed by atoms with Crippen molar-refractivity contribution >= 4 is 17.2 Å². The largest absolute Gasteiger partial charge is 0.459 e. The van der Waals surface area contributed by atoms with E-state index >= 15 is 0 Å². The minimum absolute atomic E-state index is 0.151. The van der Waals surface area contributed by atoms with Crippen molar-refractivity contribution in [1.82, 2.24) is 5.32 Å². The predicted octanol–water partition coefficient (Wildman–Crippen LogP) is 1.92. The second kappa shape index (κ2) is 6.23. The van der Waals surface area contributed by atoms with E-state index in [1.807, 2.05) is 19.1 Å². The van der Waals surface area contributed by atoms with E-state index in [4.69, 9.17) is 9.52 Å². The van der Waals surface area contributed by atoms with Gasteiger partial charge in [-0.1, -0.05) is 11.8 Å². The van der Waals surface area contributed by atoms with E-state index in [2.05, 4.69) is 17.2 Å². The van der Waals surface area contributed by atoms with Crippen LogP contribution < -0.4 is 5.32 Å². The normalized spacial score (nSPS) is 9.79. The molecule has 0 saturated heterocycles. The number of furan rings is 1. The molecule has 0 bridgehead atoms. The third kappa shape index (κ3) is 3.47. The van der Waals surface area contributed by atoms with Crippen LogP contribution in [-0.2, 0) is 6.54 Å². The molecule has 0 spiro atoms. The molecule has 0 aliphatic rings. The number of amides is 1. The van der Waals surface area contributed by atoms with Gasteiger partial charge in [0, 0.05) is 10.4 Å². The quantitative estimate of drug-likeness (QED) is 0.841. The lowest BCUT2D eigenvalue weighted by Gasteiger charge is -2.01. The maximum absolute atomic E-state index is 11.8. The van der Waals surface area contributed by atoms with Crippen molar-refractivity contribution in [1.29, 1.82) is 0 Å². The van der Waals surface area contributed by atoms with Gasteiger partial charge in [0.2, 0.25) is 0 Å². The van der Waals surface area contributed by atoms with Crippen LogP contribution in [0.2, 0.25) is 0 Å². The van der Waals surface area contributed by atoms with Crippen molar-refractivity contribution in [3.63, 3.8) is 0 Å². The molecule has 0 radical (unpaired) electrons. The van der Waals surface area contributed by atoms with Crippen LogP contribution in [0, 0.1) is 18.8 Å². The maximum Gasteiger partial charge on any atom is 0.287 e. The lowest BCUT2D eigenvalue weighted by atomic mass is 10.2. The van der Waals surface area contributed by atoms with Crippen LogP contribution in [0.25, 0.3) is 0 Å². The summed E-state index contributed by atoms with van der Waals surface area (Å²) in [6.45, 7) is 2.11. The van der Waals surface area contributed by atoms with Crippen LogP contribution in [0.15, 0.2) is 28.9 Å². The molecule has 0 aliphatic carbocycles. The van der Waals surface area contributed by atoms with Gasteiger partial charge in [-0.25, -0.2) is 0 Å². The Morgan fingerprint density at radius 1 is 1.47 bits per heavy atom. The smallest absolute Gasteiger partial charge is 0.287 e. The Balaban J connectivity index is 1.94. The summed E-state index contributed by atoms with van der Waals surface area (Å²) in [5.74, 6) is 5.53. The van der Waals surface area contributed by atoms with Gasteiger partial charge in [0.15, 0.2) is 5.76 Å². The number of aliphatic hydroxyl groups is 1. The number of carbonyl (C=O) groups is 1. The molecule has 0 aromatic carbocycles. The topological polar surface area (TPSA) is 62.5 Å². The molecule has 4 nitrogen and oxygen atoms in total. The van der Waals surface area contributed by atoms with Crippen molar-refractivity contribution in [3.05, 3.63) is 45.5 Å². The summed E-state index contributed by atoms with van der Waals surface area (Å²) < 4.78 is 5.11. The van der Waals surface area contributed by atoms with Gasteiger partial charge in [0.25, 0.3) is 5.91 Å². The van der Waals surface area contributed by atoms with E-state index < -0.39 is 0 Å². The van der Waals surface area contributed by atoms with E-state index in [1.165, 1.54) is 17.6 Å². The highest BCUT2D eigenvalue weighted by Gasteiger charge is 2.12. The Morgan fingerprint density at radius 3 is 3.00 bits per heavy atom. The van der Waals surface area contributed by atoms with E-state index in [0.717, 1.165) is 15.3 Å². The number of nitrogens with one attached hydrogen (secondary N) is 1. The molecule has 2 aromatic heterocycles. The average Bonchev–Trinajstić information content (AvgIpc) is 3.02. The number of hydrogen-bond donors (Lipinski definition) is 2. The third-order valence-electron chi connectivity index (χ3n) is 2.44. The molecule has 0 unspecified atom stereocenters. The summed E-state index contributed by atoms with van der Waals surface area (Å²) in [5, 5.41) is 11.4. The zero-order valence-electron chi connectivity index (χ0n) is 10.4. The molecule has 0 saturated carbocycles. The molecule has 98 valence electrons. The first-order chi connectivity index (χ1) is 9.20. The third-order valence-corrected chi connectivity index (χ3v) is 3.44. The summed E-state index contributed by atoms with van der Waals surface area (Å²) in [6, 6.07) is 5.52. The summed E-state index contributed by atoms with van der Waals surface area (Å²) in [4.78, 5) is 13.7. The fraction of sp³-hybridized carbons (Fsp3) is 0.214. The molecule has 0 aliphatic heterocycles. The number of rotatable bonds is 3. The average molecular weight is 275 g/mol. The number of carbonyl (C=O) groups excluding carboxylic acids is 1. The van der Waals surface area contributed by atoms with Gasteiger partial charge in [-0.2, -0.15) is 0 Å². The van der Waals surface area contributed by atoms with Gasteiger partial charge in [0.1, 0.15) is 6.61 Å². The Morgan fingerprint density at radius 2 is 2.32 bits per heavy atom. The number of hydrogen-bond acceptors (Lipinski definition) is 4. The number of aliphatic hydroxyl groups excluding tert-OH is 1. The zero-order chi connectivity index (χ0) is 13.7. The van der Waals surface area contributed by atoms with Gasteiger partial charge in [-0.3, -0.25) is 4.79 Å². The standard InChI is InChI=1S/C14H13NO3S/c1-10-6-8-18-13(10)14(17)15-9-12-5-4-11(19-12)3-2-7-16/h4-6,8,16H,7,9H2,1H3,(H,15,17). The van der Waals surface area contributed by atoms with Crippen molar-refractivity contribution in [3.8, 4) is 11.8 Å². The summed E-state index contributed by atoms with van der Waals surface area (Å²) in [5.41, 5.74) is 0.818. The lowest BCUT2D eigenvalue weighted by Crippen LogP contribution is -2.22. The van der Waals surface area contributed by atoms with E-state index in [0.29, 0.717) is 12.3 Å². The minimum Gasteiger partial charge on any atom is -0.459 e. The molecular weight excluding hydrogens is 262 g/mol. The molecule has 19 heavy (non-hydrogen) atoms. The molecule has 2 heterocycles. The summed E-state index contributed by atoms with van der Waals surface area (Å²) >= 11 is 1.49. The SMILES string of the molecule is Cc1ccoc1C(=O)NCc1ccc(C#CCO)s1. The Labute approximate surface area is 115 Å². The highest BCUT2D eigenvalue weighted by atomic mass is 32.1. The first-order valence-corrected chi connectivity index (χ1v) is 6.53. The molecule has 2 aromatic rings. The first-order valence-electron chi connectivity index (χ1n) is 5.71. The fourth-order valence-corrected chi connectivity index (χ4v) is 2.34. The Hall–Kier alpha value is -2.03. The molecule has 5 heteroatoms. The van der Waals surface area contributed by atoms with Gasteiger partial charge < -0.3 is 14.8 Å². The maximum atomic E-state index is 11.8. The zero-order valence-corrected chi connectivity index (χ0v) is 11.2. The van der Waals surface area contributed by atoms with Crippen LogP contribution in [0.1, 0.15) is 25.9 Å². The molecule has 0 fully saturated rings. The Bertz CT molecular complexity index is 630. The summed E-state index contributed by atoms with van der Waals surface area (Å²) in [6.07, 6.45) is 1.50. The van der Waals surface area contributed by atoms with Gasteiger partial charge >= 0.3 is 0 Å². The number of aryl methyl sites for hydroxylation is 1.